The van der Waals surface area contributed by atoms with Crippen molar-refractivity contribution in [3.8, 4) is 0 Å². The maximum atomic E-state index is 12.1. The number of nitrogens with zero attached hydrogens (tertiary/aromatic N) is 5. The second kappa shape index (κ2) is 7.14. The highest BCUT2D eigenvalue weighted by atomic mass is 35.5. The molecule has 0 spiro atoms. The molecule has 1 aromatic carbocycles. The van der Waals surface area contributed by atoms with Crippen molar-refractivity contribution >= 4 is 29.4 Å². The Labute approximate surface area is 146 Å². The number of carbonyl (C=O) groups excluding carboxylic acids is 1. The van der Waals surface area contributed by atoms with Crippen molar-refractivity contribution in [3.63, 3.8) is 0 Å². The number of benzene rings is 1. The van der Waals surface area contributed by atoms with Crippen molar-refractivity contribution in [2.75, 3.05) is 5.32 Å². The van der Waals surface area contributed by atoms with Gasteiger partial charge in [0.25, 0.3) is 5.91 Å². The molecular weight excluding hydrogens is 348 g/mol. The number of carboxylic acid groups (broad SMARTS) is 1. The molecule has 0 saturated carbocycles. The van der Waals surface area contributed by atoms with Crippen molar-refractivity contribution in [3.05, 3.63) is 59.1 Å². The zero-order chi connectivity index (χ0) is 17.8. The molecule has 0 bridgehead atoms. The minimum absolute atomic E-state index is 0.128. The van der Waals surface area contributed by atoms with Gasteiger partial charge in [-0.1, -0.05) is 29.8 Å². The fourth-order valence-electron chi connectivity index (χ4n) is 2.11. The Hall–Kier alpha value is -3.20. The topological polar surface area (TPSA) is 115 Å². The molecule has 25 heavy (non-hydrogen) atoms. The number of rotatable bonds is 6. The van der Waals surface area contributed by atoms with Gasteiger partial charge in [-0.15, -0.1) is 5.10 Å². The third-order valence-electron chi connectivity index (χ3n) is 3.24. The minimum Gasteiger partial charge on any atom is -0.480 e. The maximum Gasteiger partial charge on any atom is 0.325 e. The van der Waals surface area contributed by atoms with Crippen molar-refractivity contribution in [2.45, 2.75) is 13.1 Å². The van der Waals surface area contributed by atoms with Gasteiger partial charge in [0, 0.05) is 11.2 Å². The van der Waals surface area contributed by atoms with Crippen LogP contribution in [0.5, 0.6) is 0 Å². The van der Waals surface area contributed by atoms with Gasteiger partial charge < -0.3 is 5.11 Å². The molecule has 9 nitrogen and oxygen atoms in total. The quantitative estimate of drug-likeness (QED) is 0.688. The third-order valence-corrected chi connectivity index (χ3v) is 3.61. The molecular formula is C15H13ClN6O3. The second-order valence-corrected chi connectivity index (χ2v) is 5.54. The molecule has 0 atom stereocenters. The molecule has 0 unspecified atom stereocenters. The van der Waals surface area contributed by atoms with Crippen LogP contribution in [0.15, 0.2) is 43.0 Å². The first-order valence-corrected chi connectivity index (χ1v) is 7.57. The van der Waals surface area contributed by atoms with Gasteiger partial charge >= 0.3 is 5.97 Å². The lowest BCUT2D eigenvalue weighted by Gasteiger charge is -2.03. The summed E-state index contributed by atoms with van der Waals surface area (Å²) in [6, 6.07) is 7.36. The maximum absolute atomic E-state index is 12.1. The van der Waals surface area contributed by atoms with E-state index in [1.807, 2.05) is 18.2 Å². The van der Waals surface area contributed by atoms with Crippen LogP contribution in [0.1, 0.15) is 15.9 Å². The largest absolute Gasteiger partial charge is 0.480 e. The lowest BCUT2D eigenvalue weighted by Crippen LogP contribution is -2.13. The van der Waals surface area contributed by atoms with Gasteiger partial charge in [-0.2, -0.15) is 5.10 Å². The molecule has 3 rings (SSSR count). The van der Waals surface area contributed by atoms with Crippen LogP contribution in [-0.2, 0) is 17.9 Å². The predicted octanol–water partition coefficient (Wildman–Crippen LogP) is 1.51. The SMILES string of the molecule is O=C(O)Cn1cc(C(=O)Nc2ncn(Cc3ccccc3Cl)n2)cn1. The molecule has 3 aromatic rings. The van der Waals surface area contributed by atoms with E-state index in [1.54, 1.807) is 10.7 Å². The summed E-state index contributed by atoms with van der Waals surface area (Å²) in [5.74, 6) is -1.40. The Bertz CT molecular complexity index is 919. The Balaban J connectivity index is 1.65. The molecule has 2 N–H and O–H groups in total. The van der Waals surface area contributed by atoms with Gasteiger partial charge in [0.1, 0.15) is 12.9 Å². The summed E-state index contributed by atoms with van der Waals surface area (Å²) >= 11 is 6.10. The number of amides is 1. The van der Waals surface area contributed by atoms with Crippen LogP contribution in [0, 0.1) is 0 Å². The summed E-state index contributed by atoms with van der Waals surface area (Å²) in [4.78, 5) is 26.8. The Kier molecular flexibility index (Phi) is 4.75. The summed E-state index contributed by atoms with van der Waals surface area (Å²) in [6.07, 6.45) is 4.09. The fourth-order valence-corrected chi connectivity index (χ4v) is 2.30. The highest BCUT2D eigenvalue weighted by Gasteiger charge is 2.13. The Morgan fingerprint density at radius 1 is 1.24 bits per heavy atom. The summed E-state index contributed by atoms with van der Waals surface area (Å²) < 4.78 is 2.70. The van der Waals surface area contributed by atoms with E-state index in [0.29, 0.717) is 11.6 Å². The van der Waals surface area contributed by atoms with E-state index in [1.165, 1.54) is 18.7 Å². The molecule has 0 saturated heterocycles. The number of hydrogen-bond acceptors (Lipinski definition) is 5. The van der Waals surface area contributed by atoms with Crippen LogP contribution in [0.3, 0.4) is 0 Å². The highest BCUT2D eigenvalue weighted by molar-refractivity contribution is 6.31. The van der Waals surface area contributed by atoms with Gasteiger partial charge in [-0.05, 0) is 11.6 Å². The van der Waals surface area contributed by atoms with Crippen molar-refractivity contribution in [1.29, 1.82) is 0 Å². The summed E-state index contributed by atoms with van der Waals surface area (Å²) in [5, 5.41) is 19.8. The predicted molar refractivity (Wildman–Crippen MR) is 88.4 cm³/mol. The van der Waals surface area contributed by atoms with E-state index in [0.717, 1.165) is 10.2 Å². The van der Waals surface area contributed by atoms with Gasteiger partial charge in [-0.25, -0.2) is 9.67 Å². The molecule has 128 valence electrons. The zero-order valence-corrected chi connectivity index (χ0v) is 13.6. The fraction of sp³-hybridized carbons (Fsp3) is 0.133. The van der Waals surface area contributed by atoms with Crippen molar-refractivity contribution in [2.24, 2.45) is 0 Å². The number of nitrogens with one attached hydrogen (secondary N) is 1. The average molecular weight is 361 g/mol. The smallest absolute Gasteiger partial charge is 0.325 e. The average Bonchev–Trinajstić information content (AvgIpc) is 3.19. The van der Waals surface area contributed by atoms with E-state index in [-0.39, 0.29) is 18.1 Å². The van der Waals surface area contributed by atoms with Gasteiger partial charge in [0.2, 0.25) is 5.95 Å². The molecule has 2 heterocycles. The van der Waals surface area contributed by atoms with E-state index in [9.17, 15) is 9.59 Å². The molecule has 0 aliphatic rings. The molecule has 10 heteroatoms. The number of aliphatic carboxylic acids is 1. The highest BCUT2D eigenvalue weighted by Crippen LogP contribution is 2.16. The monoisotopic (exact) mass is 360 g/mol. The molecule has 0 radical (unpaired) electrons. The Morgan fingerprint density at radius 2 is 2.04 bits per heavy atom. The number of carbonyl (C=O) groups is 2. The van der Waals surface area contributed by atoms with E-state index in [4.69, 9.17) is 16.7 Å². The first-order chi connectivity index (χ1) is 12.0. The van der Waals surface area contributed by atoms with Gasteiger partial charge in [-0.3, -0.25) is 19.6 Å². The van der Waals surface area contributed by atoms with Crippen LogP contribution < -0.4 is 5.32 Å². The third kappa shape index (κ3) is 4.21. The standard InChI is InChI=1S/C15H13ClN6O3/c16-12-4-2-1-3-10(12)6-22-9-17-15(20-22)19-14(25)11-5-18-21(7-11)8-13(23)24/h1-5,7,9H,6,8H2,(H,23,24)(H,19,20,25). The Morgan fingerprint density at radius 3 is 2.80 bits per heavy atom. The lowest BCUT2D eigenvalue weighted by atomic mass is 10.2. The molecule has 0 aliphatic carbocycles. The van der Waals surface area contributed by atoms with Crippen LogP contribution in [0.25, 0.3) is 0 Å². The van der Waals surface area contributed by atoms with Crippen LogP contribution in [0.2, 0.25) is 5.02 Å². The number of anilines is 1. The zero-order valence-electron chi connectivity index (χ0n) is 12.8. The number of hydrogen-bond donors (Lipinski definition) is 2. The first-order valence-electron chi connectivity index (χ1n) is 7.20. The van der Waals surface area contributed by atoms with Crippen LogP contribution in [-0.4, -0.2) is 41.5 Å². The van der Waals surface area contributed by atoms with Crippen LogP contribution >= 0.6 is 11.6 Å². The summed E-state index contributed by atoms with van der Waals surface area (Å²) in [5.41, 5.74) is 1.09. The molecule has 2 aromatic heterocycles. The van der Waals surface area contributed by atoms with Gasteiger partial charge in [0.15, 0.2) is 0 Å². The van der Waals surface area contributed by atoms with E-state index >= 15 is 0 Å². The number of halogens is 1. The number of aromatic nitrogens is 5. The first kappa shape index (κ1) is 16.7. The van der Waals surface area contributed by atoms with Gasteiger partial charge in [0.05, 0.1) is 18.3 Å². The van der Waals surface area contributed by atoms with Crippen molar-refractivity contribution < 1.29 is 14.7 Å². The molecule has 1 amide bonds. The number of carboxylic acids is 1. The van der Waals surface area contributed by atoms with E-state index < -0.39 is 11.9 Å². The normalized spacial score (nSPS) is 10.6. The molecule has 0 aliphatic heterocycles. The van der Waals surface area contributed by atoms with Crippen LogP contribution in [0.4, 0.5) is 5.95 Å². The molecule has 0 fully saturated rings. The lowest BCUT2D eigenvalue weighted by molar-refractivity contribution is -0.137. The van der Waals surface area contributed by atoms with Crippen molar-refractivity contribution in [1.82, 2.24) is 24.5 Å². The minimum atomic E-state index is -1.05. The van der Waals surface area contributed by atoms with E-state index in [2.05, 4.69) is 20.5 Å². The summed E-state index contributed by atoms with van der Waals surface area (Å²) in [6.45, 7) is 0.0943. The summed E-state index contributed by atoms with van der Waals surface area (Å²) in [7, 11) is 0. The second-order valence-electron chi connectivity index (χ2n) is 5.13.